The molecule has 19 heavy (non-hydrogen) atoms. The van der Waals surface area contributed by atoms with Gasteiger partial charge < -0.3 is 9.88 Å². The second kappa shape index (κ2) is 5.31. The van der Waals surface area contributed by atoms with Crippen molar-refractivity contribution in [2.45, 2.75) is 31.8 Å². The number of hydrogen-bond donors (Lipinski definition) is 1. The maximum Gasteiger partial charge on any atom is 0.251 e. The number of pyridine rings is 1. The van der Waals surface area contributed by atoms with E-state index >= 15 is 0 Å². The normalized spacial score (nSPS) is 18.3. The van der Waals surface area contributed by atoms with Crippen molar-refractivity contribution in [2.24, 2.45) is 0 Å². The zero-order valence-corrected chi connectivity index (χ0v) is 11.9. The van der Waals surface area contributed by atoms with Crippen molar-refractivity contribution in [3.63, 3.8) is 0 Å². The van der Waals surface area contributed by atoms with Gasteiger partial charge in [-0.15, -0.1) is 11.3 Å². The third-order valence-electron chi connectivity index (χ3n) is 3.85. The van der Waals surface area contributed by atoms with Gasteiger partial charge >= 0.3 is 0 Å². The molecule has 0 amide bonds. The molecule has 3 nitrogen and oxygen atoms in total. The number of thiophene rings is 1. The topological polar surface area (TPSA) is 34.0 Å². The lowest BCUT2D eigenvalue weighted by molar-refractivity contribution is 0.473. The number of hydrogen-bond acceptors (Lipinski definition) is 3. The monoisotopic (exact) mass is 274 g/mol. The van der Waals surface area contributed by atoms with Gasteiger partial charge in [0.25, 0.3) is 5.56 Å². The van der Waals surface area contributed by atoms with Crippen LogP contribution in [0.2, 0.25) is 0 Å². The lowest BCUT2D eigenvalue weighted by Gasteiger charge is -2.27. The minimum Gasteiger partial charge on any atom is -0.313 e. The molecule has 100 valence electrons. The summed E-state index contributed by atoms with van der Waals surface area (Å²) in [6, 6.07) is 8.23. The van der Waals surface area contributed by atoms with Gasteiger partial charge in [0.15, 0.2) is 0 Å². The minimum absolute atomic E-state index is 0.115. The minimum atomic E-state index is 0.115. The molecule has 2 heterocycles. The SMILES string of the molecule is CNC1CCCc2c1ccc(=O)n2Cc1cccs1. The van der Waals surface area contributed by atoms with Gasteiger partial charge in [-0.25, -0.2) is 0 Å². The highest BCUT2D eigenvalue weighted by Gasteiger charge is 2.21. The van der Waals surface area contributed by atoms with E-state index in [9.17, 15) is 4.79 Å². The van der Waals surface area contributed by atoms with E-state index in [-0.39, 0.29) is 5.56 Å². The van der Waals surface area contributed by atoms with Gasteiger partial charge in [0.2, 0.25) is 0 Å². The first-order valence-electron chi connectivity index (χ1n) is 6.72. The van der Waals surface area contributed by atoms with Gasteiger partial charge in [0.1, 0.15) is 0 Å². The van der Waals surface area contributed by atoms with Crippen LogP contribution in [0.3, 0.4) is 0 Å². The standard InChI is InChI=1S/C15H18N2OS/c1-16-13-5-2-6-14-12(13)7-8-15(18)17(14)10-11-4-3-9-19-11/h3-4,7-9,13,16H,2,5-6,10H2,1H3. The van der Waals surface area contributed by atoms with Crippen LogP contribution in [0.25, 0.3) is 0 Å². The van der Waals surface area contributed by atoms with Crippen molar-refractivity contribution in [2.75, 3.05) is 7.05 Å². The Morgan fingerprint density at radius 2 is 2.32 bits per heavy atom. The zero-order valence-electron chi connectivity index (χ0n) is 11.1. The first-order valence-corrected chi connectivity index (χ1v) is 7.60. The second-order valence-electron chi connectivity index (χ2n) is 4.97. The average molecular weight is 274 g/mol. The number of nitrogens with one attached hydrogen (secondary N) is 1. The Bertz CT molecular complexity index is 616. The molecule has 0 aliphatic heterocycles. The van der Waals surface area contributed by atoms with Crippen molar-refractivity contribution in [3.8, 4) is 0 Å². The molecule has 4 heteroatoms. The molecule has 0 saturated heterocycles. The predicted molar refractivity (Wildman–Crippen MR) is 78.9 cm³/mol. The Labute approximate surface area is 116 Å². The van der Waals surface area contributed by atoms with Crippen LogP contribution >= 0.6 is 11.3 Å². The first-order chi connectivity index (χ1) is 9.29. The lowest BCUT2D eigenvalue weighted by atomic mass is 9.91. The summed E-state index contributed by atoms with van der Waals surface area (Å²) in [7, 11) is 1.99. The lowest BCUT2D eigenvalue weighted by Crippen LogP contribution is -2.30. The highest BCUT2D eigenvalue weighted by Crippen LogP contribution is 2.28. The molecule has 0 radical (unpaired) electrons. The molecule has 1 atom stereocenters. The maximum atomic E-state index is 12.2. The van der Waals surface area contributed by atoms with Crippen LogP contribution in [0.4, 0.5) is 0 Å². The van der Waals surface area contributed by atoms with Crippen LogP contribution < -0.4 is 10.9 Å². The van der Waals surface area contributed by atoms with Crippen LogP contribution in [0.15, 0.2) is 34.4 Å². The van der Waals surface area contributed by atoms with Crippen molar-refractivity contribution >= 4 is 11.3 Å². The van der Waals surface area contributed by atoms with Gasteiger partial charge in [-0.3, -0.25) is 4.79 Å². The summed E-state index contributed by atoms with van der Waals surface area (Å²) in [5.74, 6) is 0. The van der Waals surface area contributed by atoms with Gasteiger partial charge in [-0.2, -0.15) is 0 Å². The molecule has 2 aromatic heterocycles. The molecule has 0 spiro atoms. The largest absolute Gasteiger partial charge is 0.313 e. The van der Waals surface area contributed by atoms with Crippen molar-refractivity contribution in [1.82, 2.24) is 9.88 Å². The Morgan fingerprint density at radius 3 is 3.05 bits per heavy atom. The van der Waals surface area contributed by atoms with E-state index in [0.29, 0.717) is 12.6 Å². The van der Waals surface area contributed by atoms with Crippen LogP contribution in [0.1, 0.15) is 35.0 Å². The summed E-state index contributed by atoms with van der Waals surface area (Å²) in [5, 5.41) is 5.41. The summed E-state index contributed by atoms with van der Waals surface area (Å²) >= 11 is 1.71. The fourth-order valence-corrected chi connectivity index (χ4v) is 3.59. The van der Waals surface area contributed by atoms with Crippen LogP contribution in [0, 0.1) is 0 Å². The van der Waals surface area contributed by atoms with Gasteiger partial charge in [0.05, 0.1) is 6.54 Å². The summed E-state index contributed by atoms with van der Waals surface area (Å²) in [6.45, 7) is 0.704. The summed E-state index contributed by atoms with van der Waals surface area (Å²) in [6.07, 6.45) is 3.31. The Hall–Kier alpha value is -1.39. The van der Waals surface area contributed by atoms with E-state index in [1.165, 1.54) is 16.1 Å². The van der Waals surface area contributed by atoms with Gasteiger partial charge in [-0.05, 0) is 43.3 Å². The quantitative estimate of drug-likeness (QED) is 0.933. The molecule has 0 fully saturated rings. The van der Waals surface area contributed by atoms with Crippen molar-refractivity contribution in [1.29, 1.82) is 0 Å². The number of aromatic nitrogens is 1. The number of rotatable bonds is 3. The molecule has 1 N–H and O–H groups in total. The van der Waals surface area contributed by atoms with E-state index in [1.807, 2.05) is 23.7 Å². The maximum absolute atomic E-state index is 12.2. The summed E-state index contributed by atoms with van der Waals surface area (Å²) < 4.78 is 1.95. The van der Waals surface area contributed by atoms with E-state index < -0.39 is 0 Å². The Balaban J connectivity index is 2.06. The zero-order chi connectivity index (χ0) is 13.2. The van der Waals surface area contributed by atoms with E-state index in [4.69, 9.17) is 0 Å². The van der Waals surface area contributed by atoms with Gasteiger partial charge in [-0.1, -0.05) is 12.1 Å². The first kappa shape index (κ1) is 12.6. The smallest absolute Gasteiger partial charge is 0.251 e. The highest BCUT2D eigenvalue weighted by molar-refractivity contribution is 7.09. The van der Waals surface area contributed by atoms with E-state index in [2.05, 4.69) is 16.8 Å². The molecule has 0 saturated carbocycles. The van der Waals surface area contributed by atoms with Crippen molar-refractivity contribution < 1.29 is 0 Å². The number of fused-ring (bicyclic) bond motifs is 1. The molecular weight excluding hydrogens is 256 g/mol. The molecule has 0 aromatic carbocycles. The molecule has 1 unspecified atom stereocenters. The van der Waals surface area contributed by atoms with Crippen LogP contribution in [0.5, 0.6) is 0 Å². The summed E-state index contributed by atoms with van der Waals surface area (Å²) in [5.41, 5.74) is 2.63. The van der Waals surface area contributed by atoms with Crippen molar-refractivity contribution in [3.05, 3.63) is 56.1 Å². The fourth-order valence-electron chi connectivity index (χ4n) is 2.89. The molecule has 2 aromatic rings. The number of nitrogens with zero attached hydrogens (tertiary/aromatic N) is 1. The molecule has 1 aliphatic carbocycles. The van der Waals surface area contributed by atoms with Crippen LogP contribution in [-0.2, 0) is 13.0 Å². The third-order valence-corrected chi connectivity index (χ3v) is 4.72. The Kier molecular flexibility index (Phi) is 3.53. The summed E-state index contributed by atoms with van der Waals surface area (Å²) in [4.78, 5) is 13.4. The average Bonchev–Trinajstić information content (AvgIpc) is 2.94. The molecule has 3 rings (SSSR count). The molecule has 0 bridgehead atoms. The van der Waals surface area contributed by atoms with Crippen LogP contribution in [-0.4, -0.2) is 11.6 Å². The van der Waals surface area contributed by atoms with Gasteiger partial charge in [0, 0.05) is 22.7 Å². The predicted octanol–water partition coefficient (Wildman–Crippen LogP) is 2.55. The molecular formula is C15H18N2OS. The third kappa shape index (κ3) is 2.38. The van der Waals surface area contributed by atoms with E-state index in [1.54, 1.807) is 17.4 Å². The fraction of sp³-hybridized carbons (Fsp3) is 0.400. The molecule has 1 aliphatic rings. The Morgan fingerprint density at radius 1 is 1.42 bits per heavy atom. The second-order valence-corrected chi connectivity index (χ2v) is 6.00. The van der Waals surface area contributed by atoms with E-state index in [0.717, 1.165) is 19.3 Å². The highest BCUT2D eigenvalue weighted by atomic mass is 32.1.